The molecule has 0 N–H and O–H groups in total. The second kappa shape index (κ2) is 13.8. The number of benzene rings is 10. The number of fused-ring (bicyclic) bond motifs is 13. The number of nitrogens with zero attached hydrogens (tertiary/aromatic N) is 1. The molecule has 5 aromatic heterocycles. The Kier molecular flexibility index (Phi) is 7.61. The average Bonchev–Trinajstić information content (AvgIpc) is 4.06. The van der Waals surface area contributed by atoms with Gasteiger partial charge in [0.1, 0.15) is 22.3 Å². The van der Waals surface area contributed by atoms with Crippen molar-refractivity contribution in [3.63, 3.8) is 0 Å². The summed E-state index contributed by atoms with van der Waals surface area (Å²) in [5.74, 6) is 0. The van der Waals surface area contributed by atoms with Crippen molar-refractivity contribution in [3.05, 3.63) is 221 Å². The van der Waals surface area contributed by atoms with Crippen molar-refractivity contribution in [3.8, 4) is 44.5 Å². The fourth-order valence-corrected chi connectivity index (χ4v) is 12.0. The zero-order chi connectivity index (χ0) is 44.8. The maximum atomic E-state index is 14.7. The van der Waals surface area contributed by atoms with Crippen LogP contribution in [0.4, 0.5) is 0 Å². The highest BCUT2D eigenvalue weighted by atomic mass is 32.1. The van der Waals surface area contributed by atoms with E-state index >= 15 is 0 Å². The zero-order valence-electron chi connectivity index (χ0n) is 36.0. The predicted octanol–water partition coefficient (Wildman–Crippen LogP) is 16.4. The molecule has 0 saturated carbocycles. The van der Waals surface area contributed by atoms with Crippen LogP contribution in [0.15, 0.2) is 219 Å². The van der Waals surface area contributed by atoms with Crippen LogP contribution in [-0.4, -0.2) is 4.40 Å². The van der Waals surface area contributed by atoms with E-state index in [9.17, 15) is 9.59 Å². The molecule has 0 radical (unpaired) electrons. The number of hydrogen-bond donors (Lipinski definition) is 0. The lowest BCUT2D eigenvalue weighted by Gasteiger charge is -2.14. The molecule has 0 spiro atoms. The molecule has 0 aliphatic rings. The fraction of sp³-hybridized carbons (Fsp3) is 0. The summed E-state index contributed by atoms with van der Waals surface area (Å²) in [5, 5.41) is 9.38. The molecule has 0 atom stereocenters. The summed E-state index contributed by atoms with van der Waals surface area (Å²) in [5.41, 5.74) is 13.4. The highest BCUT2D eigenvalue weighted by molar-refractivity contribution is 7.25. The highest BCUT2D eigenvalue weighted by Gasteiger charge is 2.22. The largest absolute Gasteiger partial charge is 0.456 e. The number of aromatic nitrogens is 1. The molecule has 0 saturated heterocycles. The molecule has 6 heteroatoms. The maximum Gasteiger partial charge on any atom is 0.200 e. The molecule has 10 aromatic carbocycles. The standard InChI is InChI=1S/C62H33NO4S/c64-61-46-12-3-7-15-53(46)66-54-23-17-34(31-48(54)61)35-18-24-55-49(32-35)62(65)50-33-36(19-25-56(50)67-55)38-27-39(37-20-26-58-47(30-37)43-10-4-8-16-57(43)68-58)29-40(28-38)41-21-22-44-42-9-1-5-13-51(42)63-52-14-6-2-11-45(52)59(41)60(44)63/h1-33H. The lowest BCUT2D eigenvalue weighted by molar-refractivity contribution is 0.659. The third kappa shape index (κ3) is 5.32. The van der Waals surface area contributed by atoms with Gasteiger partial charge in [0.15, 0.2) is 0 Å². The van der Waals surface area contributed by atoms with E-state index in [1.54, 1.807) is 12.1 Å². The number of rotatable bonds is 4. The van der Waals surface area contributed by atoms with Crippen LogP contribution in [0, 0.1) is 0 Å². The molecule has 0 fully saturated rings. The van der Waals surface area contributed by atoms with Gasteiger partial charge in [-0.25, -0.2) is 0 Å². The summed E-state index contributed by atoms with van der Waals surface area (Å²) in [6.45, 7) is 0. The molecule has 0 aliphatic carbocycles. The van der Waals surface area contributed by atoms with Crippen molar-refractivity contribution < 1.29 is 8.83 Å². The maximum absolute atomic E-state index is 14.7. The first-order chi connectivity index (χ1) is 33.5. The summed E-state index contributed by atoms with van der Waals surface area (Å²) in [6.07, 6.45) is 0. The van der Waals surface area contributed by atoms with Gasteiger partial charge in [0, 0.05) is 41.7 Å². The zero-order valence-corrected chi connectivity index (χ0v) is 36.9. The van der Waals surface area contributed by atoms with E-state index < -0.39 is 0 Å². The molecule has 15 aromatic rings. The van der Waals surface area contributed by atoms with Crippen molar-refractivity contribution in [2.75, 3.05) is 0 Å². The molecular formula is C62H33NO4S. The lowest BCUT2D eigenvalue weighted by atomic mass is 9.90. The molecule has 316 valence electrons. The summed E-state index contributed by atoms with van der Waals surface area (Å²) in [6, 6.07) is 68.7. The van der Waals surface area contributed by atoms with E-state index in [1.165, 1.54) is 58.3 Å². The van der Waals surface area contributed by atoms with Crippen molar-refractivity contribution >= 4 is 113 Å². The molecule has 0 bridgehead atoms. The van der Waals surface area contributed by atoms with Crippen molar-refractivity contribution in [1.29, 1.82) is 0 Å². The summed E-state index contributed by atoms with van der Waals surface area (Å²) >= 11 is 1.82. The van der Waals surface area contributed by atoms with Gasteiger partial charge in [0.25, 0.3) is 0 Å². The van der Waals surface area contributed by atoms with Crippen LogP contribution in [0.25, 0.3) is 147 Å². The van der Waals surface area contributed by atoms with Crippen molar-refractivity contribution in [2.24, 2.45) is 0 Å². The van der Waals surface area contributed by atoms with Crippen LogP contribution in [0.5, 0.6) is 0 Å². The molecule has 15 rings (SSSR count). The highest BCUT2D eigenvalue weighted by Crippen LogP contribution is 2.46. The van der Waals surface area contributed by atoms with Crippen LogP contribution < -0.4 is 10.9 Å². The third-order valence-corrected chi connectivity index (χ3v) is 15.3. The first-order valence-corrected chi connectivity index (χ1v) is 23.5. The van der Waals surface area contributed by atoms with Gasteiger partial charge in [-0.2, -0.15) is 0 Å². The smallest absolute Gasteiger partial charge is 0.200 e. The van der Waals surface area contributed by atoms with Gasteiger partial charge in [0.2, 0.25) is 10.9 Å². The molecule has 5 heterocycles. The topological polar surface area (TPSA) is 64.8 Å². The van der Waals surface area contributed by atoms with Gasteiger partial charge in [-0.1, -0.05) is 103 Å². The Morgan fingerprint density at radius 3 is 1.47 bits per heavy atom. The van der Waals surface area contributed by atoms with Crippen LogP contribution in [0.1, 0.15) is 0 Å². The third-order valence-electron chi connectivity index (χ3n) is 14.1. The van der Waals surface area contributed by atoms with Crippen molar-refractivity contribution in [2.45, 2.75) is 0 Å². The predicted molar refractivity (Wildman–Crippen MR) is 283 cm³/mol. The van der Waals surface area contributed by atoms with E-state index in [4.69, 9.17) is 8.83 Å². The number of para-hydroxylation sites is 3. The first-order valence-electron chi connectivity index (χ1n) is 22.7. The van der Waals surface area contributed by atoms with Gasteiger partial charge in [0.05, 0.1) is 38.1 Å². The fourth-order valence-electron chi connectivity index (χ4n) is 10.9. The molecular weight excluding hydrogens is 855 g/mol. The Morgan fingerprint density at radius 2 is 0.794 bits per heavy atom. The Bertz CT molecular complexity index is 4800. The van der Waals surface area contributed by atoms with Crippen LogP contribution >= 0.6 is 11.3 Å². The first kappa shape index (κ1) is 37.4. The number of hydrogen-bond acceptors (Lipinski definition) is 5. The average molecular weight is 888 g/mol. The van der Waals surface area contributed by atoms with Gasteiger partial charge >= 0.3 is 0 Å². The van der Waals surface area contributed by atoms with E-state index in [1.807, 2.05) is 72.0 Å². The van der Waals surface area contributed by atoms with Gasteiger partial charge < -0.3 is 13.2 Å². The van der Waals surface area contributed by atoms with Crippen molar-refractivity contribution in [1.82, 2.24) is 4.40 Å². The second-order valence-electron chi connectivity index (χ2n) is 17.9. The Labute approximate surface area is 389 Å². The van der Waals surface area contributed by atoms with Gasteiger partial charge in [-0.15, -0.1) is 11.3 Å². The Morgan fingerprint density at radius 1 is 0.324 bits per heavy atom. The van der Waals surface area contributed by atoms with Crippen LogP contribution in [-0.2, 0) is 0 Å². The van der Waals surface area contributed by atoms with E-state index in [-0.39, 0.29) is 10.9 Å². The minimum atomic E-state index is -0.120. The minimum absolute atomic E-state index is 0.0901. The molecule has 68 heavy (non-hydrogen) atoms. The monoisotopic (exact) mass is 887 g/mol. The summed E-state index contributed by atoms with van der Waals surface area (Å²) < 4.78 is 17.5. The van der Waals surface area contributed by atoms with Gasteiger partial charge in [-0.3, -0.25) is 9.59 Å². The second-order valence-corrected chi connectivity index (χ2v) is 18.9. The molecule has 0 unspecified atom stereocenters. The molecule has 0 aliphatic heterocycles. The summed E-state index contributed by atoms with van der Waals surface area (Å²) in [4.78, 5) is 28.3. The Balaban J connectivity index is 0.933. The van der Waals surface area contributed by atoms with Crippen LogP contribution in [0.2, 0.25) is 0 Å². The normalized spacial score (nSPS) is 12.2. The van der Waals surface area contributed by atoms with Gasteiger partial charge in [-0.05, 0) is 142 Å². The molecule has 5 nitrogen and oxygen atoms in total. The lowest BCUT2D eigenvalue weighted by Crippen LogP contribution is -2.03. The Hall–Kier alpha value is -8.84. The van der Waals surface area contributed by atoms with E-state index in [2.05, 4.69) is 132 Å². The van der Waals surface area contributed by atoms with E-state index in [0.717, 1.165) is 44.5 Å². The minimum Gasteiger partial charge on any atom is -0.456 e. The van der Waals surface area contributed by atoms with Crippen LogP contribution in [0.3, 0.4) is 0 Å². The number of thiophene rings is 1. The molecule has 0 amide bonds. The SMILES string of the molecule is O=c1c2ccccc2oc2ccc(-c3ccc4oc5ccc(-c6cc(-c7ccc8sc9ccccc9c8c7)cc(-c7ccc8c9ccccc9n9c%10ccccc%10c7c89)c6)cc5c(=O)c4c3)cc12. The summed E-state index contributed by atoms with van der Waals surface area (Å²) in [7, 11) is 0. The quantitative estimate of drug-likeness (QED) is 0.165. The van der Waals surface area contributed by atoms with E-state index in [0.29, 0.717) is 43.9 Å².